The molecule has 0 bridgehead atoms. The summed E-state index contributed by atoms with van der Waals surface area (Å²) in [6.07, 6.45) is -5.78. The summed E-state index contributed by atoms with van der Waals surface area (Å²) in [5, 5.41) is 0. The number of carbonyl (C=O) groups excluding carboxylic acids is 2. The van der Waals surface area contributed by atoms with Crippen LogP contribution in [0.5, 0.6) is 0 Å². The number of hydrogen-bond donors (Lipinski definition) is 1. The predicted octanol–water partition coefficient (Wildman–Crippen LogP) is -0.254. The molecule has 144 valence electrons. The van der Waals surface area contributed by atoms with Gasteiger partial charge >= 0.3 is 17.6 Å². The van der Waals surface area contributed by atoms with Crippen molar-refractivity contribution in [3.8, 4) is 0 Å². The van der Waals surface area contributed by atoms with E-state index in [-0.39, 0.29) is 0 Å². The van der Waals surface area contributed by atoms with E-state index >= 15 is 0 Å². The molecule has 0 saturated carbocycles. The monoisotopic (exact) mass is 380 g/mol. The molecule has 1 aromatic rings. The molecule has 0 amide bonds. The van der Waals surface area contributed by atoms with Gasteiger partial charge in [0.05, 0.1) is 6.20 Å². The first kappa shape index (κ1) is 19.7. The minimum atomic E-state index is -2.33. The fraction of sp³-hybridized carbons (Fsp3) is 0.571. The number of hydrogen-bond acceptors (Lipinski definition) is 7. The summed E-state index contributed by atoms with van der Waals surface area (Å²) in [5.41, 5.74) is -4.83. The molecular weight excluding hydrogens is 365 g/mol. The maximum atomic E-state index is 14.8. The van der Waals surface area contributed by atoms with Gasteiger partial charge in [-0.1, -0.05) is 0 Å². The Morgan fingerprint density at radius 3 is 2.54 bits per heavy atom. The molecule has 2 rings (SSSR count). The Labute approximate surface area is 143 Å². The van der Waals surface area contributed by atoms with E-state index in [1.807, 2.05) is 0 Å². The van der Waals surface area contributed by atoms with Crippen LogP contribution in [0.3, 0.4) is 0 Å². The summed E-state index contributed by atoms with van der Waals surface area (Å²) < 4.78 is 57.0. The van der Waals surface area contributed by atoms with Crippen molar-refractivity contribution in [2.24, 2.45) is 0 Å². The summed E-state index contributed by atoms with van der Waals surface area (Å²) >= 11 is 0. The first-order valence-electron chi connectivity index (χ1n) is 7.30. The minimum Gasteiger partial charge on any atom is -0.463 e. The summed E-state index contributed by atoms with van der Waals surface area (Å²) in [7, 11) is 0. The molecule has 4 atom stereocenters. The number of ether oxygens (including phenoxy) is 3. The molecule has 1 fully saturated rings. The average Bonchev–Trinajstić information content (AvgIpc) is 2.82. The SMILES string of the molecule is CC(=O)OCC1(CF)OC(n2cc(F)c(=O)[nH]c2=O)C(F)C1OC(C)=O. The molecule has 1 N–H and O–H groups in total. The van der Waals surface area contributed by atoms with Crippen LogP contribution in [-0.4, -0.2) is 52.6 Å². The Morgan fingerprint density at radius 1 is 1.35 bits per heavy atom. The molecule has 1 aromatic heterocycles. The van der Waals surface area contributed by atoms with E-state index in [9.17, 15) is 32.3 Å². The van der Waals surface area contributed by atoms with Gasteiger partial charge in [0, 0.05) is 13.8 Å². The molecule has 1 aliphatic rings. The van der Waals surface area contributed by atoms with E-state index in [0.29, 0.717) is 10.8 Å². The van der Waals surface area contributed by atoms with Crippen LogP contribution >= 0.6 is 0 Å². The molecule has 4 unspecified atom stereocenters. The highest BCUT2D eigenvalue weighted by molar-refractivity contribution is 5.67. The Bertz CT molecular complexity index is 823. The summed E-state index contributed by atoms with van der Waals surface area (Å²) in [6, 6.07) is 0. The normalized spacial score (nSPS) is 28.0. The van der Waals surface area contributed by atoms with E-state index in [2.05, 4.69) is 4.74 Å². The predicted molar refractivity (Wildman–Crippen MR) is 77.2 cm³/mol. The number of aromatic nitrogens is 2. The number of rotatable bonds is 5. The number of H-pyrrole nitrogens is 1. The van der Waals surface area contributed by atoms with Gasteiger partial charge in [-0.3, -0.25) is 23.9 Å². The average molecular weight is 380 g/mol. The third kappa shape index (κ3) is 3.64. The lowest BCUT2D eigenvalue weighted by molar-refractivity contribution is -0.179. The van der Waals surface area contributed by atoms with E-state index < -0.39 is 66.4 Å². The molecule has 12 heteroatoms. The third-order valence-electron chi connectivity index (χ3n) is 3.67. The van der Waals surface area contributed by atoms with Gasteiger partial charge in [-0.25, -0.2) is 13.6 Å². The van der Waals surface area contributed by atoms with E-state index in [0.717, 1.165) is 13.8 Å². The number of halogens is 3. The third-order valence-corrected chi connectivity index (χ3v) is 3.67. The minimum absolute atomic E-state index is 0.350. The topological polar surface area (TPSA) is 117 Å². The first-order valence-corrected chi connectivity index (χ1v) is 7.30. The second-order valence-electron chi connectivity index (χ2n) is 5.61. The maximum absolute atomic E-state index is 14.8. The zero-order valence-corrected chi connectivity index (χ0v) is 13.7. The summed E-state index contributed by atoms with van der Waals surface area (Å²) in [6.45, 7) is -0.335. The van der Waals surface area contributed by atoms with Crippen molar-refractivity contribution in [3.05, 3.63) is 32.9 Å². The van der Waals surface area contributed by atoms with Gasteiger partial charge in [0.25, 0.3) is 5.56 Å². The number of carbonyl (C=O) groups is 2. The summed E-state index contributed by atoms with van der Waals surface area (Å²) in [4.78, 5) is 46.8. The van der Waals surface area contributed by atoms with Crippen molar-refractivity contribution in [1.82, 2.24) is 9.55 Å². The molecule has 1 aliphatic heterocycles. The second-order valence-corrected chi connectivity index (χ2v) is 5.61. The molecule has 0 aromatic carbocycles. The molecule has 1 saturated heterocycles. The van der Waals surface area contributed by atoms with Gasteiger partial charge in [0.15, 0.2) is 24.1 Å². The molecule has 0 radical (unpaired) electrons. The van der Waals surface area contributed by atoms with Crippen LogP contribution in [0.15, 0.2) is 15.8 Å². The van der Waals surface area contributed by atoms with Gasteiger partial charge in [0.2, 0.25) is 5.82 Å². The Balaban J connectivity index is 2.49. The van der Waals surface area contributed by atoms with E-state index in [4.69, 9.17) is 9.47 Å². The Hall–Kier alpha value is -2.63. The van der Waals surface area contributed by atoms with Crippen LogP contribution in [0.25, 0.3) is 0 Å². The zero-order chi connectivity index (χ0) is 19.6. The summed E-state index contributed by atoms with van der Waals surface area (Å²) in [5.74, 6) is -3.24. The lowest BCUT2D eigenvalue weighted by atomic mass is 9.98. The highest BCUT2D eigenvalue weighted by atomic mass is 19.1. The van der Waals surface area contributed by atoms with Gasteiger partial charge in [-0.15, -0.1) is 0 Å². The van der Waals surface area contributed by atoms with E-state index in [1.54, 1.807) is 4.98 Å². The molecule has 26 heavy (non-hydrogen) atoms. The van der Waals surface area contributed by atoms with Gasteiger partial charge in [0.1, 0.15) is 13.3 Å². The molecule has 0 spiro atoms. The van der Waals surface area contributed by atoms with E-state index in [1.165, 1.54) is 0 Å². The Morgan fingerprint density at radius 2 is 2.00 bits per heavy atom. The molecule has 9 nitrogen and oxygen atoms in total. The number of nitrogens with zero attached hydrogens (tertiary/aromatic N) is 1. The molecule has 2 heterocycles. The van der Waals surface area contributed by atoms with Crippen molar-refractivity contribution < 1.29 is 37.0 Å². The van der Waals surface area contributed by atoms with Crippen molar-refractivity contribution in [3.63, 3.8) is 0 Å². The van der Waals surface area contributed by atoms with Crippen molar-refractivity contribution in [1.29, 1.82) is 0 Å². The number of esters is 2. The van der Waals surface area contributed by atoms with Crippen LogP contribution in [0.2, 0.25) is 0 Å². The zero-order valence-electron chi connectivity index (χ0n) is 13.7. The number of aromatic amines is 1. The molecule has 0 aliphatic carbocycles. The first-order chi connectivity index (χ1) is 12.1. The standard InChI is InChI=1S/C14H15F3N2O7/c1-6(20)24-5-14(4-15)10(25-7(2)21)9(17)12(26-14)19-3-8(16)11(22)18-13(19)23/h3,9-10,12H,4-5H2,1-2H3,(H,18,22,23). The number of nitrogens with one attached hydrogen (secondary N) is 1. The van der Waals surface area contributed by atoms with Gasteiger partial charge in [-0.2, -0.15) is 4.39 Å². The lowest BCUT2D eigenvalue weighted by Crippen LogP contribution is -2.50. The highest BCUT2D eigenvalue weighted by Gasteiger charge is 2.60. The Kier molecular flexibility index (Phi) is 5.54. The second kappa shape index (κ2) is 7.32. The smallest absolute Gasteiger partial charge is 0.330 e. The van der Waals surface area contributed by atoms with Crippen LogP contribution in [-0.2, 0) is 23.8 Å². The lowest BCUT2D eigenvalue weighted by Gasteiger charge is -2.30. The highest BCUT2D eigenvalue weighted by Crippen LogP contribution is 2.41. The van der Waals surface area contributed by atoms with Crippen molar-refractivity contribution in [2.75, 3.05) is 13.3 Å². The van der Waals surface area contributed by atoms with Crippen LogP contribution in [0.4, 0.5) is 13.2 Å². The quantitative estimate of drug-likeness (QED) is 0.700. The van der Waals surface area contributed by atoms with Crippen LogP contribution in [0.1, 0.15) is 20.1 Å². The van der Waals surface area contributed by atoms with Crippen LogP contribution < -0.4 is 11.2 Å². The molecular formula is C14H15F3N2O7. The van der Waals surface area contributed by atoms with Gasteiger partial charge < -0.3 is 14.2 Å². The van der Waals surface area contributed by atoms with Gasteiger partial charge in [-0.05, 0) is 0 Å². The fourth-order valence-corrected chi connectivity index (χ4v) is 2.51. The largest absolute Gasteiger partial charge is 0.463 e. The fourth-order valence-electron chi connectivity index (χ4n) is 2.51. The van der Waals surface area contributed by atoms with Crippen LogP contribution in [0, 0.1) is 5.82 Å². The maximum Gasteiger partial charge on any atom is 0.330 e. The number of alkyl halides is 2. The van der Waals surface area contributed by atoms with Crippen molar-refractivity contribution >= 4 is 11.9 Å². The van der Waals surface area contributed by atoms with Crippen molar-refractivity contribution in [2.45, 2.75) is 38.0 Å².